The first-order valence-electron chi connectivity index (χ1n) is 5.18. The summed E-state index contributed by atoms with van der Waals surface area (Å²) in [6, 6.07) is 10.6. The van der Waals surface area contributed by atoms with E-state index in [1.807, 2.05) is 0 Å². The predicted molar refractivity (Wildman–Crippen MR) is 61.4 cm³/mol. The molecule has 1 rings (SSSR count). The average molecular weight is 192 g/mol. The Kier molecular flexibility index (Phi) is 7.81. The Bertz CT molecular complexity index is 235. The summed E-state index contributed by atoms with van der Waals surface area (Å²) >= 11 is 0. The van der Waals surface area contributed by atoms with Crippen LogP contribution in [0, 0.1) is 0 Å². The minimum absolute atomic E-state index is 0.167. The van der Waals surface area contributed by atoms with Crippen molar-refractivity contribution in [2.75, 3.05) is 0 Å². The molecule has 0 aliphatic rings. The zero-order valence-corrected chi connectivity index (χ0v) is 9.42. The molecule has 0 atom stereocenters. The molecule has 0 N–H and O–H groups in total. The summed E-state index contributed by atoms with van der Waals surface area (Å²) in [5.41, 5.74) is 1.46. The van der Waals surface area contributed by atoms with Gasteiger partial charge >= 0.3 is 0 Å². The van der Waals surface area contributed by atoms with E-state index in [1.165, 1.54) is 38.7 Å². The smallest absolute Gasteiger partial charge is 0.126 e. The summed E-state index contributed by atoms with van der Waals surface area (Å²) < 4.78 is 0. The molecular formula is C13H20O. The summed E-state index contributed by atoms with van der Waals surface area (Å²) in [4.78, 5) is 9.44. The third kappa shape index (κ3) is 8.98. The van der Waals surface area contributed by atoms with Gasteiger partial charge in [0.2, 0.25) is 0 Å². The fourth-order valence-electron chi connectivity index (χ4n) is 1.03. The van der Waals surface area contributed by atoms with E-state index in [-0.39, 0.29) is 5.78 Å². The van der Waals surface area contributed by atoms with E-state index in [1.54, 1.807) is 0 Å². The van der Waals surface area contributed by atoms with Crippen LogP contribution in [0.4, 0.5) is 0 Å². The van der Waals surface area contributed by atoms with Gasteiger partial charge in [-0.3, -0.25) is 0 Å². The second kappa shape index (κ2) is 8.49. The molecule has 0 amide bonds. The molecule has 1 aromatic carbocycles. The number of rotatable bonds is 3. The molecule has 0 aromatic heterocycles. The summed E-state index contributed by atoms with van der Waals surface area (Å²) in [6.07, 6.45) is 3.83. The molecule has 14 heavy (non-hydrogen) atoms. The first-order valence-corrected chi connectivity index (χ1v) is 5.18. The molecule has 1 aromatic rings. The monoisotopic (exact) mass is 192 g/mol. The lowest BCUT2D eigenvalue weighted by atomic mass is 10.1. The fourth-order valence-corrected chi connectivity index (χ4v) is 1.03. The van der Waals surface area contributed by atoms with Crippen molar-refractivity contribution in [3.8, 4) is 0 Å². The Morgan fingerprint density at radius 1 is 1.14 bits per heavy atom. The highest BCUT2D eigenvalue weighted by Gasteiger charge is 1.87. The molecular weight excluding hydrogens is 172 g/mol. The van der Waals surface area contributed by atoms with Crippen molar-refractivity contribution in [3.05, 3.63) is 35.9 Å². The molecule has 0 spiro atoms. The van der Waals surface area contributed by atoms with Gasteiger partial charge in [0.15, 0.2) is 0 Å². The van der Waals surface area contributed by atoms with Gasteiger partial charge in [-0.2, -0.15) is 0 Å². The number of ketones is 1. The van der Waals surface area contributed by atoms with Crippen LogP contribution >= 0.6 is 0 Å². The van der Waals surface area contributed by atoms with Crippen LogP contribution in [-0.2, 0) is 11.2 Å². The number of hydrogen-bond acceptors (Lipinski definition) is 1. The van der Waals surface area contributed by atoms with Crippen LogP contribution in [0.1, 0.15) is 39.2 Å². The van der Waals surface area contributed by atoms with Crippen molar-refractivity contribution in [1.29, 1.82) is 0 Å². The topological polar surface area (TPSA) is 17.1 Å². The van der Waals surface area contributed by atoms with E-state index in [0.717, 1.165) is 0 Å². The lowest BCUT2D eigenvalue weighted by Crippen LogP contribution is -1.81. The maximum atomic E-state index is 9.44. The van der Waals surface area contributed by atoms with Gasteiger partial charge in [-0.25, -0.2) is 0 Å². The number of hydrogen-bond donors (Lipinski definition) is 0. The Morgan fingerprint density at radius 2 is 1.64 bits per heavy atom. The van der Waals surface area contributed by atoms with Crippen molar-refractivity contribution >= 4 is 5.78 Å². The van der Waals surface area contributed by atoms with Crippen LogP contribution in [0.5, 0.6) is 0 Å². The van der Waals surface area contributed by atoms with Crippen molar-refractivity contribution in [3.63, 3.8) is 0 Å². The van der Waals surface area contributed by atoms with Gasteiger partial charge in [0.05, 0.1) is 0 Å². The highest BCUT2D eigenvalue weighted by atomic mass is 16.1. The molecule has 0 bridgehead atoms. The van der Waals surface area contributed by atoms with Crippen LogP contribution in [0.25, 0.3) is 0 Å². The fraction of sp³-hybridized carbons (Fsp3) is 0.462. The number of unbranched alkanes of at least 4 members (excludes halogenated alkanes) is 1. The third-order valence-corrected chi connectivity index (χ3v) is 1.66. The van der Waals surface area contributed by atoms with Crippen molar-refractivity contribution in [2.24, 2.45) is 0 Å². The number of carbonyl (C=O) groups is 1. The highest BCUT2D eigenvalue weighted by Crippen LogP contribution is 2.03. The molecule has 0 aliphatic heterocycles. The van der Waals surface area contributed by atoms with E-state index in [0.29, 0.717) is 0 Å². The molecule has 78 valence electrons. The predicted octanol–water partition coefficient (Wildman–Crippen LogP) is 3.62. The van der Waals surface area contributed by atoms with Crippen LogP contribution in [0.2, 0.25) is 0 Å². The SMILES string of the molecule is CC(C)=O.CCCCc1ccccc1. The van der Waals surface area contributed by atoms with Crippen LogP contribution in [-0.4, -0.2) is 5.78 Å². The van der Waals surface area contributed by atoms with E-state index in [2.05, 4.69) is 37.3 Å². The van der Waals surface area contributed by atoms with E-state index >= 15 is 0 Å². The molecule has 0 unspecified atom stereocenters. The first kappa shape index (κ1) is 12.9. The van der Waals surface area contributed by atoms with Crippen LogP contribution < -0.4 is 0 Å². The second-order valence-electron chi connectivity index (χ2n) is 3.50. The van der Waals surface area contributed by atoms with Gasteiger partial charge in [-0.05, 0) is 32.3 Å². The zero-order chi connectivity index (χ0) is 10.8. The summed E-state index contributed by atoms with van der Waals surface area (Å²) in [7, 11) is 0. The molecule has 1 nitrogen and oxygen atoms in total. The lowest BCUT2D eigenvalue weighted by Gasteiger charge is -1.96. The van der Waals surface area contributed by atoms with Gasteiger partial charge in [0.1, 0.15) is 5.78 Å². The van der Waals surface area contributed by atoms with Gasteiger partial charge in [-0.15, -0.1) is 0 Å². The molecule has 0 heterocycles. The summed E-state index contributed by atoms with van der Waals surface area (Å²) in [6.45, 7) is 5.28. The summed E-state index contributed by atoms with van der Waals surface area (Å²) in [5, 5.41) is 0. The molecule has 0 aliphatic carbocycles. The maximum absolute atomic E-state index is 9.44. The number of benzene rings is 1. The van der Waals surface area contributed by atoms with Gasteiger partial charge in [0.25, 0.3) is 0 Å². The quantitative estimate of drug-likeness (QED) is 0.714. The Balaban J connectivity index is 0.000000364. The normalized spacial score (nSPS) is 8.79. The van der Waals surface area contributed by atoms with Gasteiger partial charge in [0, 0.05) is 0 Å². The Labute approximate surface area is 87.2 Å². The van der Waals surface area contributed by atoms with E-state index < -0.39 is 0 Å². The van der Waals surface area contributed by atoms with E-state index in [4.69, 9.17) is 0 Å². The molecule has 0 saturated carbocycles. The molecule has 1 heteroatoms. The molecule has 0 saturated heterocycles. The van der Waals surface area contributed by atoms with Crippen molar-refractivity contribution in [2.45, 2.75) is 40.0 Å². The minimum atomic E-state index is 0.167. The Morgan fingerprint density at radius 3 is 2.07 bits per heavy atom. The number of aryl methyl sites for hydroxylation is 1. The Hall–Kier alpha value is -1.11. The zero-order valence-electron chi connectivity index (χ0n) is 9.42. The standard InChI is InChI=1S/C10H14.C3H6O/c1-2-3-7-10-8-5-4-6-9-10;1-3(2)4/h4-6,8-9H,2-3,7H2,1H3;1-2H3. The molecule has 0 radical (unpaired) electrons. The van der Waals surface area contributed by atoms with E-state index in [9.17, 15) is 4.79 Å². The minimum Gasteiger partial charge on any atom is -0.300 e. The largest absolute Gasteiger partial charge is 0.300 e. The average Bonchev–Trinajstić information content (AvgIpc) is 2.15. The van der Waals surface area contributed by atoms with Crippen molar-refractivity contribution in [1.82, 2.24) is 0 Å². The molecule has 0 fully saturated rings. The number of Topliss-reactive ketones (excluding diaryl/α,β-unsaturated/α-hetero) is 1. The third-order valence-electron chi connectivity index (χ3n) is 1.66. The van der Waals surface area contributed by atoms with Gasteiger partial charge in [-0.1, -0.05) is 43.7 Å². The first-order chi connectivity index (χ1) is 6.66. The number of carbonyl (C=O) groups excluding carboxylic acids is 1. The maximum Gasteiger partial charge on any atom is 0.126 e. The second-order valence-corrected chi connectivity index (χ2v) is 3.50. The van der Waals surface area contributed by atoms with Crippen molar-refractivity contribution < 1.29 is 4.79 Å². The summed E-state index contributed by atoms with van der Waals surface area (Å²) in [5.74, 6) is 0.167. The van der Waals surface area contributed by atoms with Gasteiger partial charge < -0.3 is 4.79 Å². The van der Waals surface area contributed by atoms with Crippen LogP contribution in [0.15, 0.2) is 30.3 Å². The van der Waals surface area contributed by atoms with Crippen LogP contribution in [0.3, 0.4) is 0 Å². The highest BCUT2D eigenvalue weighted by molar-refractivity contribution is 5.72. The lowest BCUT2D eigenvalue weighted by molar-refractivity contribution is -0.114.